The number of hydrogen-bond acceptors (Lipinski definition) is 1. The van der Waals surface area contributed by atoms with E-state index in [1.807, 2.05) is 0 Å². The van der Waals surface area contributed by atoms with Gasteiger partial charge in [-0.1, -0.05) is 99.8 Å². The molecule has 1 heteroatoms. The molecular formula is C26H44O. The molecule has 0 amide bonds. The highest BCUT2D eigenvalue weighted by Gasteiger charge is 2.22. The number of benzene rings is 1. The lowest BCUT2D eigenvalue weighted by Crippen LogP contribution is -2.17. The summed E-state index contributed by atoms with van der Waals surface area (Å²) in [6.45, 7) is 21.2. The molecule has 1 nitrogen and oxygen atoms in total. The zero-order valence-corrected chi connectivity index (χ0v) is 19.5. The Morgan fingerprint density at radius 1 is 1.00 bits per heavy atom. The fraction of sp³-hybridized carbons (Fsp3) is 0.692. The van der Waals surface area contributed by atoms with Gasteiger partial charge in [0.15, 0.2) is 0 Å². The third kappa shape index (κ3) is 8.11. The molecule has 0 fully saturated rings. The summed E-state index contributed by atoms with van der Waals surface area (Å²) in [7, 11) is 0. The molecule has 0 saturated carbocycles. The number of ether oxygens (including phenoxy) is 1. The average Bonchev–Trinajstić information content (AvgIpc) is 2.58. The van der Waals surface area contributed by atoms with Crippen LogP contribution >= 0.6 is 0 Å². The lowest BCUT2D eigenvalue weighted by molar-refractivity contribution is 0.229. The summed E-state index contributed by atoms with van der Waals surface area (Å²) in [6, 6.07) is 4.67. The van der Waals surface area contributed by atoms with Crippen molar-refractivity contribution in [2.75, 3.05) is 6.61 Å². The molecule has 0 bridgehead atoms. The Kier molecular flexibility index (Phi) is 9.12. The first-order valence-electron chi connectivity index (χ1n) is 11.0. The first kappa shape index (κ1) is 23.8. The quantitative estimate of drug-likeness (QED) is 0.424. The molecule has 27 heavy (non-hydrogen) atoms. The highest BCUT2D eigenvalue weighted by atomic mass is 16.5. The van der Waals surface area contributed by atoms with Crippen LogP contribution in [0.3, 0.4) is 0 Å². The van der Waals surface area contributed by atoms with Gasteiger partial charge in [0.05, 0.1) is 6.61 Å². The van der Waals surface area contributed by atoms with Crippen LogP contribution in [-0.2, 0) is 11.8 Å². The van der Waals surface area contributed by atoms with Crippen LogP contribution in [0, 0.1) is 11.3 Å². The number of rotatable bonds is 9. The van der Waals surface area contributed by atoms with Crippen LogP contribution in [0.15, 0.2) is 18.2 Å². The standard InChI is InChI=1S/C26H44O/c1-10-13-14-20(11-2)19-27-24-18-22(15-16-25(4,5)6)21(12-3)17-23(24)26(7,8)9/h15-18,20H,10-14,19H2,1-9H3/b16-15+. The number of hydrogen-bond donors (Lipinski definition) is 0. The fourth-order valence-corrected chi connectivity index (χ4v) is 3.25. The topological polar surface area (TPSA) is 9.23 Å². The molecule has 0 aliphatic rings. The molecule has 0 N–H and O–H groups in total. The van der Waals surface area contributed by atoms with Crippen LogP contribution < -0.4 is 4.74 Å². The molecule has 0 heterocycles. The molecule has 0 aliphatic carbocycles. The van der Waals surface area contributed by atoms with Crippen molar-refractivity contribution in [2.24, 2.45) is 11.3 Å². The Bertz CT molecular complexity index is 596. The Morgan fingerprint density at radius 3 is 2.15 bits per heavy atom. The molecular weight excluding hydrogens is 328 g/mol. The molecule has 154 valence electrons. The first-order valence-corrected chi connectivity index (χ1v) is 11.0. The van der Waals surface area contributed by atoms with E-state index in [1.54, 1.807) is 0 Å². The van der Waals surface area contributed by atoms with Crippen LogP contribution in [0.5, 0.6) is 5.75 Å². The van der Waals surface area contributed by atoms with E-state index in [1.165, 1.54) is 42.4 Å². The SMILES string of the molecule is CCCCC(CC)COc1cc(/C=C/C(C)(C)C)c(CC)cc1C(C)(C)C. The van der Waals surface area contributed by atoms with Crippen LogP contribution in [-0.4, -0.2) is 6.61 Å². The number of allylic oxidation sites excluding steroid dienone is 1. The van der Waals surface area contributed by atoms with Gasteiger partial charge in [-0.2, -0.15) is 0 Å². The minimum absolute atomic E-state index is 0.0800. The maximum Gasteiger partial charge on any atom is 0.123 e. The van der Waals surface area contributed by atoms with E-state index >= 15 is 0 Å². The lowest BCUT2D eigenvalue weighted by Gasteiger charge is -2.26. The van der Waals surface area contributed by atoms with Crippen molar-refractivity contribution in [2.45, 2.75) is 99.8 Å². The number of aryl methyl sites for hydroxylation is 1. The Balaban J connectivity index is 3.23. The maximum atomic E-state index is 6.45. The van der Waals surface area contributed by atoms with Crippen LogP contribution in [0.2, 0.25) is 0 Å². The van der Waals surface area contributed by atoms with E-state index < -0.39 is 0 Å². The summed E-state index contributed by atoms with van der Waals surface area (Å²) in [6.07, 6.45) is 10.6. The number of unbranched alkanes of at least 4 members (excludes halogenated alkanes) is 1. The molecule has 0 aliphatic heterocycles. The van der Waals surface area contributed by atoms with Gasteiger partial charge in [0.25, 0.3) is 0 Å². The van der Waals surface area contributed by atoms with Gasteiger partial charge in [-0.05, 0) is 52.3 Å². The Labute approximate surface area is 169 Å². The molecule has 0 spiro atoms. The van der Waals surface area contributed by atoms with E-state index in [0.717, 1.165) is 18.8 Å². The largest absolute Gasteiger partial charge is 0.493 e. The highest BCUT2D eigenvalue weighted by Crippen LogP contribution is 2.35. The van der Waals surface area contributed by atoms with E-state index in [4.69, 9.17) is 4.74 Å². The maximum absolute atomic E-state index is 6.45. The van der Waals surface area contributed by atoms with Crippen LogP contribution in [0.4, 0.5) is 0 Å². The Morgan fingerprint density at radius 2 is 1.67 bits per heavy atom. The Hall–Kier alpha value is -1.24. The van der Waals surface area contributed by atoms with Crippen molar-refractivity contribution in [1.82, 2.24) is 0 Å². The van der Waals surface area contributed by atoms with Crippen LogP contribution in [0.25, 0.3) is 6.08 Å². The van der Waals surface area contributed by atoms with Gasteiger partial charge >= 0.3 is 0 Å². The van der Waals surface area contributed by atoms with Gasteiger partial charge < -0.3 is 4.74 Å². The van der Waals surface area contributed by atoms with Gasteiger partial charge in [-0.25, -0.2) is 0 Å². The highest BCUT2D eigenvalue weighted by molar-refractivity contribution is 5.60. The van der Waals surface area contributed by atoms with E-state index in [2.05, 4.69) is 86.6 Å². The van der Waals surface area contributed by atoms with Crippen molar-refractivity contribution >= 4 is 6.08 Å². The molecule has 0 saturated heterocycles. The van der Waals surface area contributed by atoms with E-state index in [9.17, 15) is 0 Å². The second-order valence-corrected chi connectivity index (χ2v) is 10.1. The summed E-state index contributed by atoms with van der Waals surface area (Å²) < 4.78 is 6.45. The molecule has 1 atom stereocenters. The molecule has 0 radical (unpaired) electrons. The monoisotopic (exact) mass is 372 g/mol. The summed E-state index contributed by atoms with van der Waals surface area (Å²) >= 11 is 0. The zero-order valence-electron chi connectivity index (χ0n) is 19.5. The third-order valence-corrected chi connectivity index (χ3v) is 5.21. The summed E-state index contributed by atoms with van der Waals surface area (Å²) in [4.78, 5) is 0. The minimum atomic E-state index is 0.0800. The van der Waals surface area contributed by atoms with Gasteiger partial charge in [0.1, 0.15) is 5.75 Å². The molecule has 1 unspecified atom stereocenters. The van der Waals surface area contributed by atoms with Crippen molar-refractivity contribution in [3.63, 3.8) is 0 Å². The minimum Gasteiger partial charge on any atom is -0.493 e. The molecule has 1 rings (SSSR count). The predicted octanol–water partition coefficient (Wildman–Crippen LogP) is 8.20. The van der Waals surface area contributed by atoms with Crippen molar-refractivity contribution in [3.8, 4) is 5.75 Å². The zero-order chi connectivity index (χ0) is 20.7. The van der Waals surface area contributed by atoms with Crippen molar-refractivity contribution in [1.29, 1.82) is 0 Å². The van der Waals surface area contributed by atoms with E-state index in [0.29, 0.717) is 5.92 Å². The second-order valence-electron chi connectivity index (χ2n) is 10.1. The van der Waals surface area contributed by atoms with Crippen molar-refractivity contribution in [3.05, 3.63) is 34.9 Å². The summed E-state index contributed by atoms with van der Waals surface area (Å²) in [5.41, 5.74) is 4.30. The normalized spacial score (nSPS) is 14.0. The first-order chi connectivity index (χ1) is 12.5. The fourth-order valence-electron chi connectivity index (χ4n) is 3.25. The second kappa shape index (κ2) is 10.3. The molecule has 1 aromatic rings. The third-order valence-electron chi connectivity index (χ3n) is 5.21. The summed E-state index contributed by atoms with van der Waals surface area (Å²) in [5, 5.41) is 0. The van der Waals surface area contributed by atoms with Gasteiger partial charge in [0.2, 0.25) is 0 Å². The van der Waals surface area contributed by atoms with Gasteiger partial charge in [0, 0.05) is 0 Å². The summed E-state index contributed by atoms with van der Waals surface area (Å²) in [5.74, 6) is 1.72. The predicted molar refractivity (Wildman–Crippen MR) is 122 cm³/mol. The smallest absolute Gasteiger partial charge is 0.123 e. The van der Waals surface area contributed by atoms with E-state index in [-0.39, 0.29) is 10.8 Å². The average molecular weight is 373 g/mol. The lowest BCUT2D eigenvalue weighted by atomic mass is 9.83. The van der Waals surface area contributed by atoms with Crippen LogP contribution in [0.1, 0.15) is 105 Å². The van der Waals surface area contributed by atoms with Gasteiger partial charge in [-0.3, -0.25) is 0 Å². The molecule has 1 aromatic carbocycles. The van der Waals surface area contributed by atoms with Crippen molar-refractivity contribution < 1.29 is 4.74 Å². The van der Waals surface area contributed by atoms with Gasteiger partial charge in [-0.15, -0.1) is 0 Å². The molecule has 0 aromatic heterocycles.